The molecule has 2 N–H and O–H groups in total. The van der Waals surface area contributed by atoms with Crippen LogP contribution in [0.4, 0.5) is 20.6 Å². The molecule has 0 aliphatic heterocycles. The van der Waals surface area contributed by atoms with Crippen LogP contribution >= 0.6 is 0 Å². The highest BCUT2D eigenvalue weighted by molar-refractivity contribution is 6.01. The van der Waals surface area contributed by atoms with Crippen LogP contribution in [0.15, 0.2) is 71.8 Å². The molecule has 28 heavy (non-hydrogen) atoms. The molecule has 0 bridgehead atoms. The third kappa shape index (κ3) is 3.35. The highest BCUT2D eigenvalue weighted by Gasteiger charge is 2.09. The molecule has 2 aromatic carbocycles. The Morgan fingerprint density at radius 2 is 1.75 bits per heavy atom. The lowest BCUT2D eigenvalue weighted by molar-refractivity contribution is 0.262. The van der Waals surface area contributed by atoms with Gasteiger partial charge in [0, 0.05) is 36.9 Å². The van der Waals surface area contributed by atoms with Crippen LogP contribution in [0.3, 0.4) is 0 Å². The Bertz CT molecular complexity index is 1230. The smallest absolute Gasteiger partial charge is 0.311 e. The number of carbonyl (C=O) groups is 1. The summed E-state index contributed by atoms with van der Waals surface area (Å²) in [5.74, 6) is -0.512. The molecule has 2 amide bonds. The molecule has 0 atom stereocenters. The molecule has 4 rings (SSSR count). The first-order valence-electron chi connectivity index (χ1n) is 8.49. The average molecular weight is 377 g/mol. The van der Waals surface area contributed by atoms with Crippen molar-refractivity contribution in [3.63, 3.8) is 0 Å². The van der Waals surface area contributed by atoms with Crippen LogP contribution in [-0.4, -0.2) is 20.4 Å². The van der Waals surface area contributed by atoms with Gasteiger partial charge in [0.25, 0.3) is 5.56 Å². The van der Waals surface area contributed by atoms with E-state index in [2.05, 4.69) is 15.7 Å². The number of nitrogens with one attached hydrogen (secondary N) is 2. The van der Waals surface area contributed by atoms with E-state index in [1.54, 1.807) is 49.8 Å². The number of fused-ring (bicyclic) bond motifs is 1. The molecule has 0 unspecified atom stereocenters. The minimum Gasteiger partial charge on any atom is -0.311 e. The molecule has 140 valence electrons. The number of rotatable bonds is 3. The van der Waals surface area contributed by atoms with Gasteiger partial charge in [0.1, 0.15) is 5.69 Å². The number of anilines is 2. The number of hydrogen-bond acceptors (Lipinski definition) is 3. The van der Waals surface area contributed by atoms with E-state index >= 15 is 0 Å². The van der Waals surface area contributed by atoms with Gasteiger partial charge in [-0.3, -0.25) is 4.79 Å². The van der Waals surface area contributed by atoms with E-state index in [0.717, 1.165) is 5.39 Å². The zero-order chi connectivity index (χ0) is 19.7. The molecule has 0 aliphatic carbocycles. The Kier molecular flexibility index (Phi) is 4.36. The first-order chi connectivity index (χ1) is 13.5. The Morgan fingerprint density at radius 3 is 2.46 bits per heavy atom. The third-order valence-electron chi connectivity index (χ3n) is 4.34. The summed E-state index contributed by atoms with van der Waals surface area (Å²) < 4.78 is 17.2. The van der Waals surface area contributed by atoms with Gasteiger partial charge in [-0.1, -0.05) is 6.07 Å². The summed E-state index contributed by atoms with van der Waals surface area (Å²) in [7, 11) is 1.67. The SMILES string of the molecule is Cn1c(=O)ccc2ccc(NC(=O)Nc3ccc(-n4cccn4)c(F)c3)cc21. The monoisotopic (exact) mass is 377 g/mol. The first kappa shape index (κ1) is 17.5. The maximum absolute atomic E-state index is 14.3. The van der Waals surface area contributed by atoms with Gasteiger partial charge in [-0.25, -0.2) is 13.9 Å². The van der Waals surface area contributed by atoms with Crippen molar-refractivity contribution in [3.8, 4) is 5.69 Å². The largest absolute Gasteiger partial charge is 0.323 e. The van der Waals surface area contributed by atoms with Crippen LogP contribution in [0.5, 0.6) is 0 Å². The Morgan fingerprint density at radius 1 is 1.04 bits per heavy atom. The second kappa shape index (κ2) is 6.99. The van der Waals surface area contributed by atoms with E-state index in [4.69, 9.17) is 0 Å². The molecule has 2 heterocycles. The number of halogens is 1. The Balaban J connectivity index is 1.52. The number of aromatic nitrogens is 3. The Hall–Kier alpha value is -3.94. The normalized spacial score (nSPS) is 10.8. The maximum Gasteiger partial charge on any atom is 0.323 e. The van der Waals surface area contributed by atoms with Crippen molar-refractivity contribution in [1.82, 2.24) is 14.3 Å². The zero-order valence-corrected chi connectivity index (χ0v) is 14.9. The number of carbonyl (C=O) groups excluding carboxylic acids is 1. The fourth-order valence-electron chi connectivity index (χ4n) is 2.92. The predicted octanol–water partition coefficient (Wildman–Crippen LogP) is 3.51. The number of amides is 2. The summed E-state index contributed by atoms with van der Waals surface area (Å²) in [6.07, 6.45) is 3.18. The van der Waals surface area contributed by atoms with Gasteiger partial charge in [-0.15, -0.1) is 0 Å². The Labute approximate surface area is 159 Å². The van der Waals surface area contributed by atoms with Crippen LogP contribution in [0.2, 0.25) is 0 Å². The number of hydrogen-bond donors (Lipinski definition) is 2. The lowest BCUT2D eigenvalue weighted by atomic mass is 10.2. The quantitative estimate of drug-likeness (QED) is 0.573. The number of nitrogens with zero attached hydrogens (tertiary/aromatic N) is 3. The minimum atomic E-state index is -0.522. The molecule has 0 saturated carbocycles. The van der Waals surface area contributed by atoms with Gasteiger partial charge in [0.2, 0.25) is 0 Å². The van der Waals surface area contributed by atoms with E-state index in [-0.39, 0.29) is 11.2 Å². The third-order valence-corrected chi connectivity index (χ3v) is 4.34. The van der Waals surface area contributed by atoms with E-state index in [9.17, 15) is 14.0 Å². The second-order valence-corrected chi connectivity index (χ2v) is 6.20. The highest BCUT2D eigenvalue weighted by Crippen LogP contribution is 2.20. The molecule has 4 aromatic rings. The fourth-order valence-corrected chi connectivity index (χ4v) is 2.92. The summed E-state index contributed by atoms with van der Waals surface area (Å²) in [6, 6.07) is 14.0. The van der Waals surface area contributed by atoms with Gasteiger partial charge in [0.05, 0.1) is 5.52 Å². The van der Waals surface area contributed by atoms with Gasteiger partial charge >= 0.3 is 6.03 Å². The number of benzene rings is 2. The zero-order valence-electron chi connectivity index (χ0n) is 14.9. The van der Waals surface area contributed by atoms with Crippen LogP contribution in [0.1, 0.15) is 0 Å². The van der Waals surface area contributed by atoms with Crippen LogP contribution in [-0.2, 0) is 7.05 Å². The lowest BCUT2D eigenvalue weighted by Crippen LogP contribution is -2.20. The molecule has 0 fully saturated rings. The summed E-state index contributed by atoms with van der Waals surface area (Å²) in [4.78, 5) is 24.0. The number of urea groups is 1. The van der Waals surface area contributed by atoms with Gasteiger partial charge in [-0.05, 0) is 47.9 Å². The summed E-state index contributed by atoms with van der Waals surface area (Å²) >= 11 is 0. The van der Waals surface area contributed by atoms with E-state index in [1.807, 2.05) is 6.07 Å². The molecule has 7 nitrogen and oxygen atoms in total. The van der Waals surface area contributed by atoms with Crippen LogP contribution < -0.4 is 16.2 Å². The standard InChI is InChI=1S/C20H16FN5O2/c1-25-18-12-15(5-3-13(18)4-8-19(25)27)24-20(28)23-14-6-7-17(16(21)11-14)26-10-2-9-22-26/h2-12H,1H3,(H2,23,24,28). The maximum atomic E-state index is 14.3. The number of pyridine rings is 1. The molecule has 0 saturated heterocycles. The van der Waals surface area contributed by atoms with Crippen LogP contribution in [0, 0.1) is 5.82 Å². The van der Waals surface area contributed by atoms with Crippen molar-refractivity contribution in [2.45, 2.75) is 0 Å². The van der Waals surface area contributed by atoms with E-state index < -0.39 is 11.8 Å². The summed E-state index contributed by atoms with van der Waals surface area (Å²) in [6.45, 7) is 0. The predicted molar refractivity (Wildman–Crippen MR) is 105 cm³/mol. The van der Waals surface area contributed by atoms with Crippen molar-refractivity contribution in [2.24, 2.45) is 7.05 Å². The lowest BCUT2D eigenvalue weighted by Gasteiger charge is -2.11. The number of aryl methyl sites for hydroxylation is 1. The molecular formula is C20H16FN5O2. The van der Waals surface area contributed by atoms with E-state index in [0.29, 0.717) is 16.9 Å². The van der Waals surface area contributed by atoms with Crippen molar-refractivity contribution in [2.75, 3.05) is 10.6 Å². The molecule has 2 aromatic heterocycles. The van der Waals surface area contributed by atoms with Gasteiger partial charge in [-0.2, -0.15) is 5.10 Å². The first-order valence-corrected chi connectivity index (χ1v) is 8.49. The second-order valence-electron chi connectivity index (χ2n) is 6.20. The molecule has 0 radical (unpaired) electrons. The molecular weight excluding hydrogens is 361 g/mol. The van der Waals surface area contributed by atoms with Crippen molar-refractivity contribution >= 4 is 28.3 Å². The topological polar surface area (TPSA) is 81.0 Å². The highest BCUT2D eigenvalue weighted by atomic mass is 19.1. The summed E-state index contributed by atoms with van der Waals surface area (Å²) in [5, 5.41) is 10.1. The van der Waals surface area contributed by atoms with Crippen molar-refractivity contribution in [1.29, 1.82) is 0 Å². The average Bonchev–Trinajstić information content (AvgIpc) is 3.19. The minimum absolute atomic E-state index is 0.137. The fraction of sp³-hybridized carbons (Fsp3) is 0.0500. The summed E-state index contributed by atoms with van der Waals surface area (Å²) in [5.41, 5.74) is 1.66. The van der Waals surface area contributed by atoms with Gasteiger partial charge in [0.15, 0.2) is 5.82 Å². The van der Waals surface area contributed by atoms with E-state index in [1.165, 1.54) is 27.4 Å². The molecule has 8 heteroatoms. The van der Waals surface area contributed by atoms with Gasteiger partial charge < -0.3 is 15.2 Å². The van der Waals surface area contributed by atoms with Crippen LogP contribution in [0.25, 0.3) is 16.6 Å². The van der Waals surface area contributed by atoms with Crippen molar-refractivity contribution < 1.29 is 9.18 Å². The van der Waals surface area contributed by atoms with Crippen molar-refractivity contribution in [3.05, 3.63) is 83.2 Å². The molecule has 0 aliphatic rings. The molecule has 0 spiro atoms.